The molecule has 0 aliphatic carbocycles. The number of benzene rings is 2. The van der Waals surface area contributed by atoms with E-state index in [1.807, 2.05) is 69.5 Å². The number of hydrogen-bond donors (Lipinski definition) is 3. The van der Waals surface area contributed by atoms with Crippen molar-refractivity contribution in [2.24, 2.45) is 0 Å². The van der Waals surface area contributed by atoms with E-state index in [-0.39, 0.29) is 17.6 Å². The van der Waals surface area contributed by atoms with Crippen molar-refractivity contribution in [3.05, 3.63) is 97.4 Å². The molecule has 0 spiro atoms. The molecule has 1 aliphatic heterocycles. The summed E-state index contributed by atoms with van der Waals surface area (Å²) in [5.41, 5.74) is 5.94. The number of nitriles is 1. The Bertz CT molecular complexity index is 1490. The van der Waals surface area contributed by atoms with Gasteiger partial charge >= 0.3 is 0 Å². The van der Waals surface area contributed by atoms with Crippen LogP contribution in [0.15, 0.2) is 75.8 Å². The first-order valence-electron chi connectivity index (χ1n) is 12.3. The van der Waals surface area contributed by atoms with Gasteiger partial charge in [-0.15, -0.1) is 11.3 Å². The molecule has 3 aromatic rings. The average molecular weight is 559 g/mol. The maximum Gasteiger partial charge on any atom is 0.254 e. The molecule has 0 bridgehead atoms. The topological polar surface area (TPSA) is 103 Å². The number of aryl methyl sites for hydroxylation is 3. The Hall–Kier alpha value is -4.00. The molecule has 2 amide bonds. The Morgan fingerprint density at radius 1 is 1.08 bits per heavy atom. The van der Waals surface area contributed by atoms with Gasteiger partial charge in [0, 0.05) is 21.8 Å². The standard InChI is InChI=1S/C30H30N4O3S2/c1-17-13-18(2)28(19(3)14-17)34-25(35)16-39-30-21(15-31)27(24-11-8-12-38-24)26(20(4)32-30)29(36)33-22-9-6-7-10-23(22)37-5/h6-14,27,32H,16H2,1-5H3,(H,33,36)(H,34,35)/t27-/m1/s1. The molecule has 1 atom stereocenters. The molecule has 7 nitrogen and oxygen atoms in total. The fourth-order valence-electron chi connectivity index (χ4n) is 4.70. The first-order chi connectivity index (χ1) is 18.7. The molecule has 3 N–H and O–H groups in total. The van der Waals surface area contributed by atoms with Gasteiger partial charge in [-0.2, -0.15) is 5.26 Å². The van der Waals surface area contributed by atoms with Crippen LogP contribution in [0.25, 0.3) is 0 Å². The Labute approximate surface area is 237 Å². The highest BCUT2D eigenvalue weighted by atomic mass is 32.2. The summed E-state index contributed by atoms with van der Waals surface area (Å²) in [7, 11) is 1.55. The number of amides is 2. The number of allylic oxidation sites excluding steroid dienone is 2. The molecule has 1 aromatic heterocycles. The lowest BCUT2D eigenvalue weighted by Crippen LogP contribution is -2.31. The summed E-state index contributed by atoms with van der Waals surface area (Å²) in [6, 6.07) is 17.4. The van der Waals surface area contributed by atoms with E-state index in [1.165, 1.54) is 23.1 Å². The molecule has 0 radical (unpaired) electrons. The molecular formula is C30H30N4O3S2. The van der Waals surface area contributed by atoms with Crippen LogP contribution >= 0.6 is 23.1 Å². The van der Waals surface area contributed by atoms with Crippen LogP contribution in [0.2, 0.25) is 0 Å². The van der Waals surface area contributed by atoms with Gasteiger partial charge < -0.3 is 20.7 Å². The highest BCUT2D eigenvalue weighted by molar-refractivity contribution is 8.03. The van der Waals surface area contributed by atoms with Crippen molar-refractivity contribution in [2.75, 3.05) is 23.5 Å². The van der Waals surface area contributed by atoms with Gasteiger partial charge in [-0.3, -0.25) is 9.59 Å². The summed E-state index contributed by atoms with van der Waals surface area (Å²) in [5, 5.41) is 21.9. The summed E-state index contributed by atoms with van der Waals surface area (Å²) < 4.78 is 5.39. The third-order valence-electron chi connectivity index (χ3n) is 6.36. The number of nitrogens with zero attached hydrogens (tertiary/aromatic N) is 1. The summed E-state index contributed by atoms with van der Waals surface area (Å²) in [4.78, 5) is 27.4. The van der Waals surface area contributed by atoms with Crippen LogP contribution in [0, 0.1) is 32.1 Å². The number of thiophene rings is 1. The van der Waals surface area contributed by atoms with Crippen molar-refractivity contribution in [3.8, 4) is 11.8 Å². The maximum absolute atomic E-state index is 13.6. The van der Waals surface area contributed by atoms with Crippen molar-refractivity contribution in [2.45, 2.75) is 33.6 Å². The quantitative estimate of drug-likeness (QED) is 0.296. The van der Waals surface area contributed by atoms with Crippen LogP contribution in [-0.4, -0.2) is 24.7 Å². The summed E-state index contributed by atoms with van der Waals surface area (Å²) in [5.74, 6) is -0.428. The lowest BCUT2D eigenvalue weighted by Gasteiger charge is -2.29. The second kappa shape index (κ2) is 12.2. The minimum absolute atomic E-state index is 0.105. The van der Waals surface area contributed by atoms with Gasteiger partial charge in [-0.1, -0.05) is 47.7 Å². The minimum Gasteiger partial charge on any atom is -0.495 e. The van der Waals surface area contributed by atoms with E-state index in [0.717, 1.165) is 27.3 Å². The largest absolute Gasteiger partial charge is 0.495 e. The molecule has 1 aliphatic rings. The summed E-state index contributed by atoms with van der Waals surface area (Å²) >= 11 is 2.73. The van der Waals surface area contributed by atoms with E-state index in [0.29, 0.717) is 33.3 Å². The normalized spacial score (nSPS) is 14.9. The predicted molar refractivity (Wildman–Crippen MR) is 159 cm³/mol. The highest BCUT2D eigenvalue weighted by Gasteiger charge is 2.35. The Kier molecular flexibility index (Phi) is 8.79. The number of ether oxygens (including phenoxy) is 1. The average Bonchev–Trinajstić information content (AvgIpc) is 3.44. The third kappa shape index (κ3) is 6.19. The molecule has 9 heteroatoms. The van der Waals surface area contributed by atoms with Crippen LogP contribution < -0.4 is 20.7 Å². The van der Waals surface area contributed by atoms with E-state index in [4.69, 9.17) is 4.74 Å². The zero-order valence-electron chi connectivity index (χ0n) is 22.5. The lowest BCUT2D eigenvalue weighted by molar-refractivity contribution is -0.114. The number of anilines is 2. The zero-order chi connectivity index (χ0) is 28.1. The van der Waals surface area contributed by atoms with Gasteiger partial charge in [-0.25, -0.2) is 0 Å². The van der Waals surface area contributed by atoms with E-state index in [2.05, 4.69) is 22.0 Å². The number of para-hydroxylation sites is 2. The molecule has 0 saturated carbocycles. The monoisotopic (exact) mass is 558 g/mol. The van der Waals surface area contributed by atoms with Crippen LogP contribution in [-0.2, 0) is 9.59 Å². The number of carbonyl (C=O) groups excluding carboxylic acids is 2. The molecule has 0 saturated heterocycles. The van der Waals surface area contributed by atoms with Gasteiger partial charge in [0.25, 0.3) is 5.91 Å². The summed E-state index contributed by atoms with van der Waals surface area (Å²) in [6.45, 7) is 7.78. The first-order valence-corrected chi connectivity index (χ1v) is 14.2. The molecule has 39 heavy (non-hydrogen) atoms. The SMILES string of the molecule is COc1ccccc1NC(=O)C1=C(C)NC(SCC(=O)Nc2c(C)cc(C)cc2C)=C(C#N)[C@@H]1c1cccs1. The van der Waals surface area contributed by atoms with Crippen molar-refractivity contribution < 1.29 is 14.3 Å². The number of carbonyl (C=O) groups is 2. The number of hydrogen-bond acceptors (Lipinski definition) is 7. The fourth-order valence-corrected chi connectivity index (χ4v) is 6.43. The molecule has 0 fully saturated rings. The van der Waals surface area contributed by atoms with Gasteiger partial charge in [0.1, 0.15) is 5.75 Å². The van der Waals surface area contributed by atoms with Crippen LogP contribution in [0.3, 0.4) is 0 Å². The van der Waals surface area contributed by atoms with Gasteiger partial charge in [-0.05, 0) is 62.4 Å². The Morgan fingerprint density at radius 2 is 1.79 bits per heavy atom. The fraction of sp³-hybridized carbons (Fsp3) is 0.233. The van der Waals surface area contributed by atoms with Gasteiger partial charge in [0.2, 0.25) is 5.91 Å². The molecule has 2 aromatic carbocycles. The number of nitrogens with one attached hydrogen (secondary N) is 3. The molecular weight excluding hydrogens is 528 g/mol. The minimum atomic E-state index is -0.571. The van der Waals surface area contributed by atoms with Crippen molar-refractivity contribution in [1.82, 2.24) is 5.32 Å². The second-order valence-electron chi connectivity index (χ2n) is 9.23. The molecule has 200 valence electrons. The van der Waals surface area contributed by atoms with Crippen LogP contribution in [0.4, 0.5) is 11.4 Å². The van der Waals surface area contributed by atoms with Crippen molar-refractivity contribution in [1.29, 1.82) is 5.26 Å². The third-order valence-corrected chi connectivity index (χ3v) is 8.32. The van der Waals surface area contributed by atoms with E-state index < -0.39 is 5.92 Å². The van der Waals surface area contributed by atoms with Crippen LogP contribution in [0.5, 0.6) is 5.75 Å². The van der Waals surface area contributed by atoms with Crippen molar-refractivity contribution in [3.63, 3.8) is 0 Å². The van der Waals surface area contributed by atoms with Gasteiger partial charge in [0.05, 0.1) is 41.1 Å². The highest BCUT2D eigenvalue weighted by Crippen LogP contribution is 2.42. The molecule has 4 rings (SSSR count). The Morgan fingerprint density at radius 3 is 2.44 bits per heavy atom. The number of methoxy groups -OCH3 is 1. The maximum atomic E-state index is 13.6. The first kappa shape index (κ1) is 28.0. The number of dihydropyridines is 1. The van der Waals surface area contributed by atoms with E-state index in [9.17, 15) is 14.9 Å². The van der Waals surface area contributed by atoms with E-state index in [1.54, 1.807) is 19.2 Å². The number of thioether (sulfide) groups is 1. The van der Waals surface area contributed by atoms with E-state index >= 15 is 0 Å². The molecule has 0 unspecified atom stereocenters. The lowest BCUT2D eigenvalue weighted by atomic mass is 9.86. The Balaban J connectivity index is 1.60. The predicted octanol–water partition coefficient (Wildman–Crippen LogP) is 6.39. The summed E-state index contributed by atoms with van der Waals surface area (Å²) in [6.07, 6.45) is 0. The van der Waals surface area contributed by atoms with Crippen LogP contribution in [0.1, 0.15) is 34.4 Å². The second-order valence-corrected chi connectivity index (χ2v) is 11.2. The number of rotatable bonds is 8. The zero-order valence-corrected chi connectivity index (χ0v) is 24.1. The smallest absolute Gasteiger partial charge is 0.254 e. The van der Waals surface area contributed by atoms with Gasteiger partial charge in [0.15, 0.2) is 0 Å². The molecule has 2 heterocycles. The van der Waals surface area contributed by atoms with Crippen molar-refractivity contribution >= 4 is 46.3 Å².